The quantitative estimate of drug-likeness (QED) is 0.870. The molecule has 1 saturated carbocycles. The molecule has 1 aliphatic heterocycles. The summed E-state index contributed by atoms with van der Waals surface area (Å²) in [5.74, 6) is 0.980. The molecule has 1 atom stereocenters. The van der Waals surface area contributed by atoms with Crippen molar-refractivity contribution < 1.29 is 13.7 Å². The Kier molecular flexibility index (Phi) is 3.14. The van der Waals surface area contributed by atoms with Crippen molar-refractivity contribution in [3.05, 3.63) is 40.8 Å². The van der Waals surface area contributed by atoms with Gasteiger partial charge in [0, 0.05) is 24.6 Å². The average Bonchev–Trinajstić information content (AvgIpc) is 3.10. The normalized spacial score (nSPS) is 21.6. The smallest absolute Gasteiger partial charge is 0.232 e. The average molecular weight is 322 g/mol. The van der Waals surface area contributed by atoms with Gasteiger partial charge < -0.3 is 9.42 Å². The zero-order valence-corrected chi connectivity index (χ0v) is 12.4. The lowest BCUT2D eigenvalue weighted by Crippen LogP contribution is -2.24. The van der Waals surface area contributed by atoms with Gasteiger partial charge in [0.15, 0.2) is 5.82 Å². The van der Waals surface area contributed by atoms with Crippen LogP contribution in [0.15, 0.2) is 22.7 Å². The summed E-state index contributed by atoms with van der Waals surface area (Å²) >= 11 is 5.78. The number of carbonyl (C=O) groups is 1. The molecule has 5 nitrogen and oxygen atoms in total. The molecule has 114 valence electrons. The van der Waals surface area contributed by atoms with Gasteiger partial charge in [-0.25, -0.2) is 4.39 Å². The highest BCUT2D eigenvalue weighted by Crippen LogP contribution is 2.39. The molecule has 1 aliphatic carbocycles. The number of halogens is 2. The van der Waals surface area contributed by atoms with Crippen LogP contribution in [0.5, 0.6) is 0 Å². The van der Waals surface area contributed by atoms with Crippen LogP contribution in [-0.2, 0) is 4.79 Å². The third kappa shape index (κ3) is 2.37. The zero-order valence-electron chi connectivity index (χ0n) is 11.6. The van der Waals surface area contributed by atoms with Crippen molar-refractivity contribution in [2.24, 2.45) is 0 Å². The SMILES string of the molecule is O=C1CC(c2nc(C3CC3)no2)CN1c1ccc(F)c(Cl)c1. The standard InChI is InChI=1S/C15H13ClFN3O2/c16-11-6-10(3-4-12(11)17)20-7-9(5-13(20)21)15-18-14(19-22-15)8-1-2-8/h3-4,6,8-9H,1-2,5,7H2. The van der Waals surface area contributed by atoms with Crippen molar-refractivity contribution in [2.75, 3.05) is 11.4 Å². The van der Waals surface area contributed by atoms with Crippen LogP contribution in [0.2, 0.25) is 5.02 Å². The first-order chi connectivity index (χ1) is 10.6. The first kappa shape index (κ1) is 13.7. The second-order valence-electron chi connectivity index (χ2n) is 5.77. The molecule has 2 heterocycles. The van der Waals surface area contributed by atoms with Crippen molar-refractivity contribution in [2.45, 2.75) is 31.1 Å². The molecule has 1 aromatic heterocycles. The molecule has 2 fully saturated rings. The summed E-state index contributed by atoms with van der Waals surface area (Å²) < 4.78 is 18.5. The van der Waals surface area contributed by atoms with Gasteiger partial charge >= 0.3 is 0 Å². The number of benzene rings is 1. The van der Waals surface area contributed by atoms with E-state index in [1.165, 1.54) is 12.1 Å². The first-order valence-corrected chi connectivity index (χ1v) is 7.58. The molecule has 0 bridgehead atoms. The van der Waals surface area contributed by atoms with Crippen molar-refractivity contribution in [3.8, 4) is 0 Å². The second kappa shape index (κ2) is 5.05. The van der Waals surface area contributed by atoms with E-state index < -0.39 is 5.82 Å². The van der Waals surface area contributed by atoms with Gasteiger partial charge in [-0.1, -0.05) is 16.8 Å². The Labute approximate surface area is 131 Å². The summed E-state index contributed by atoms with van der Waals surface area (Å²) in [6.07, 6.45) is 2.51. The molecular weight excluding hydrogens is 309 g/mol. The van der Waals surface area contributed by atoms with Gasteiger partial charge in [0.25, 0.3) is 0 Å². The van der Waals surface area contributed by atoms with E-state index in [9.17, 15) is 9.18 Å². The molecule has 4 rings (SSSR count). The minimum absolute atomic E-state index is 0.00237. The van der Waals surface area contributed by atoms with Crippen molar-refractivity contribution in [1.82, 2.24) is 10.1 Å². The molecular formula is C15H13ClFN3O2. The predicted octanol–water partition coefficient (Wildman–Crippen LogP) is 3.26. The van der Waals surface area contributed by atoms with Crippen molar-refractivity contribution in [3.63, 3.8) is 0 Å². The second-order valence-corrected chi connectivity index (χ2v) is 6.18. The monoisotopic (exact) mass is 321 g/mol. The van der Waals surface area contributed by atoms with E-state index in [4.69, 9.17) is 16.1 Å². The van der Waals surface area contributed by atoms with E-state index in [1.54, 1.807) is 11.0 Å². The molecule has 7 heteroatoms. The van der Waals surface area contributed by atoms with E-state index in [0.717, 1.165) is 18.7 Å². The van der Waals surface area contributed by atoms with E-state index in [1.807, 2.05) is 0 Å². The maximum atomic E-state index is 13.2. The fourth-order valence-corrected chi connectivity index (χ4v) is 2.87. The zero-order chi connectivity index (χ0) is 15.3. The van der Waals surface area contributed by atoms with Gasteiger partial charge in [-0.2, -0.15) is 4.98 Å². The summed E-state index contributed by atoms with van der Waals surface area (Å²) in [6.45, 7) is 0.438. The lowest BCUT2D eigenvalue weighted by molar-refractivity contribution is -0.117. The third-order valence-corrected chi connectivity index (χ3v) is 4.38. The van der Waals surface area contributed by atoms with Crippen LogP contribution >= 0.6 is 11.6 Å². The van der Waals surface area contributed by atoms with Crippen LogP contribution in [0.3, 0.4) is 0 Å². The third-order valence-electron chi connectivity index (χ3n) is 4.09. The fourth-order valence-electron chi connectivity index (χ4n) is 2.70. The number of rotatable bonds is 3. The van der Waals surface area contributed by atoms with Gasteiger partial charge in [-0.3, -0.25) is 4.79 Å². The number of nitrogens with zero attached hydrogens (tertiary/aromatic N) is 3. The molecule has 0 spiro atoms. The number of carbonyl (C=O) groups excluding carboxylic acids is 1. The lowest BCUT2D eigenvalue weighted by atomic mass is 10.1. The predicted molar refractivity (Wildman–Crippen MR) is 77.4 cm³/mol. The summed E-state index contributed by atoms with van der Waals surface area (Å²) in [7, 11) is 0. The van der Waals surface area contributed by atoms with Gasteiger partial charge in [0.05, 0.1) is 10.9 Å². The van der Waals surface area contributed by atoms with Crippen molar-refractivity contribution in [1.29, 1.82) is 0 Å². The molecule has 1 amide bonds. The Morgan fingerprint density at radius 2 is 2.14 bits per heavy atom. The minimum atomic E-state index is -0.500. The number of aromatic nitrogens is 2. The Morgan fingerprint density at radius 1 is 1.32 bits per heavy atom. The first-order valence-electron chi connectivity index (χ1n) is 7.20. The summed E-state index contributed by atoms with van der Waals surface area (Å²) in [5.41, 5.74) is 0.584. The Hall–Kier alpha value is -1.95. The maximum absolute atomic E-state index is 13.2. The van der Waals surface area contributed by atoms with E-state index in [0.29, 0.717) is 30.5 Å². The molecule has 22 heavy (non-hydrogen) atoms. The molecule has 1 unspecified atom stereocenters. The van der Waals surface area contributed by atoms with Crippen molar-refractivity contribution >= 4 is 23.2 Å². The summed E-state index contributed by atoms with van der Waals surface area (Å²) in [5, 5.41) is 3.99. The highest BCUT2D eigenvalue weighted by molar-refractivity contribution is 6.31. The molecule has 1 saturated heterocycles. The highest BCUT2D eigenvalue weighted by atomic mass is 35.5. The summed E-state index contributed by atoms with van der Waals surface area (Å²) in [4.78, 5) is 18.2. The Morgan fingerprint density at radius 3 is 2.86 bits per heavy atom. The number of amides is 1. The van der Waals surface area contributed by atoms with E-state index in [-0.39, 0.29) is 16.8 Å². The molecule has 2 aliphatic rings. The molecule has 0 N–H and O–H groups in total. The molecule has 2 aromatic rings. The van der Waals surface area contributed by atoms with E-state index >= 15 is 0 Å². The topological polar surface area (TPSA) is 59.2 Å². The number of anilines is 1. The van der Waals surface area contributed by atoms with Crippen LogP contribution in [0.4, 0.5) is 10.1 Å². The number of hydrogen-bond donors (Lipinski definition) is 0. The van der Waals surface area contributed by atoms with Gasteiger partial charge in [-0.05, 0) is 31.0 Å². The van der Waals surface area contributed by atoms with Gasteiger partial charge in [0.2, 0.25) is 11.8 Å². The van der Waals surface area contributed by atoms with Gasteiger partial charge in [0.1, 0.15) is 5.82 Å². The van der Waals surface area contributed by atoms with Crippen LogP contribution in [-0.4, -0.2) is 22.6 Å². The minimum Gasteiger partial charge on any atom is -0.339 e. The van der Waals surface area contributed by atoms with E-state index in [2.05, 4.69) is 10.1 Å². The van der Waals surface area contributed by atoms with Gasteiger partial charge in [-0.15, -0.1) is 0 Å². The number of hydrogen-bond acceptors (Lipinski definition) is 4. The molecule has 0 radical (unpaired) electrons. The molecule has 1 aromatic carbocycles. The fraction of sp³-hybridized carbons (Fsp3) is 0.400. The van der Waals surface area contributed by atoms with Crippen LogP contribution in [0, 0.1) is 5.82 Å². The van der Waals surface area contributed by atoms with Crippen LogP contribution < -0.4 is 4.90 Å². The van der Waals surface area contributed by atoms with Crippen LogP contribution in [0.25, 0.3) is 0 Å². The Bertz CT molecular complexity index is 744. The Balaban J connectivity index is 1.55. The highest BCUT2D eigenvalue weighted by Gasteiger charge is 2.37. The largest absolute Gasteiger partial charge is 0.339 e. The lowest BCUT2D eigenvalue weighted by Gasteiger charge is -2.16. The summed E-state index contributed by atoms with van der Waals surface area (Å²) in [6, 6.07) is 4.27. The maximum Gasteiger partial charge on any atom is 0.232 e. The van der Waals surface area contributed by atoms with Crippen LogP contribution in [0.1, 0.15) is 42.8 Å².